The minimum Gasteiger partial charge on any atom is -0.382 e. The van der Waals surface area contributed by atoms with E-state index >= 15 is 0 Å². The standard InChI is InChI=1S/C7H15NO/c1-3-6(2)8-4-7(9)5-8/h6-7,9H,3-5H2,1-2H3/p+1. The summed E-state index contributed by atoms with van der Waals surface area (Å²) in [5, 5.41) is 8.94. The first-order valence-electron chi connectivity index (χ1n) is 3.76. The van der Waals surface area contributed by atoms with E-state index in [9.17, 15) is 0 Å². The molecule has 1 atom stereocenters. The van der Waals surface area contributed by atoms with Gasteiger partial charge in [-0.05, 0) is 13.3 Å². The molecule has 1 rings (SSSR count). The van der Waals surface area contributed by atoms with E-state index in [2.05, 4.69) is 13.8 Å². The van der Waals surface area contributed by atoms with Crippen molar-refractivity contribution in [1.29, 1.82) is 0 Å². The molecule has 0 radical (unpaired) electrons. The summed E-state index contributed by atoms with van der Waals surface area (Å²) in [6.07, 6.45) is 1.22. The molecule has 0 saturated carbocycles. The van der Waals surface area contributed by atoms with E-state index in [0.29, 0.717) is 0 Å². The maximum Gasteiger partial charge on any atom is 0.152 e. The van der Waals surface area contributed by atoms with Gasteiger partial charge in [0.15, 0.2) is 6.10 Å². The van der Waals surface area contributed by atoms with Crippen LogP contribution in [0.25, 0.3) is 0 Å². The summed E-state index contributed by atoms with van der Waals surface area (Å²) in [6, 6.07) is 0.744. The summed E-state index contributed by atoms with van der Waals surface area (Å²) in [6.45, 7) is 6.37. The maximum absolute atomic E-state index is 8.94. The maximum atomic E-state index is 8.94. The van der Waals surface area contributed by atoms with E-state index < -0.39 is 0 Å². The van der Waals surface area contributed by atoms with E-state index in [1.807, 2.05) is 0 Å². The normalized spacial score (nSPS) is 37.7. The molecule has 1 unspecified atom stereocenters. The predicted molar refractivity (Wildman–Crippen MR) is 36.5 cm³/mol. The Morgan fingerprint density at radius 3 is 2.56 bits per heavy atom. The van der Waals surface area contributed by atoms with Gasteiger partial charge < -0.3 is 10.0 Å². The van der Waals surface area contributed by atoms with Crippen molar-refractivity contribution in [3.8, 4) is 0 Å². The van der Waals surface area contributed by atoms with Crippen LogP contribution in [-0.4, -0.2) is 30.3 Å². The number of likely N-dealkylation sites (tertiary alicyclic amines) is 1. The molecule has 0 aromatic rings. The number of nitrogens with one attached hydrogen (secondary N) is 1. The Kier molecular flexibility index (Phi) is 2.09. The van der Waals surface area contributed by atoms with Gasteiger partial charge >= 0.3 is 0 Å². The Labute approximate surface area is 56.5 Å². The third-order valence-corrected chi connectivity index (χ3v) is 2.30. The second-order valence-corrected chi connectivity index (χ2v) is 3.03. The molecule has 1 heterocycles. The van der Waals surface area contributed by atoms with Crippen LogP contribution in [0.3, 0.4) is 0 Å². The van der Waals surface area contributed by atoms with Gasteiger partial charge in [-0.2, -0.15) is 0 Å². The van der Waals surface area contributed by atoms with E-state index in [1.54, 1.807) is 4.90 Å². The molecular weight excluding hydrogens is 114 g/mol. The zero-order chi connectivity index (χ0) is 6.85. The fourth-order valence-corrected chi connectivity index (χ4v) is 1.24. The highest BCUT2D eigenvalue weighted by atomic mass is 16.3. The number of aliphatic hydroxyl groups is 1. The lowest BCUT2D eigenvalue weighted by atomic mass is 10.1. The van der Waals surface area contributed by atoms with Crippen LogP contribution in [0.2, 0.25) is 0 Å². The smallest absolute Gasteiger partial charge is 0.152 e. The van der Waals surface area contributed by atoms with Crippen molar-refractivity contribution in [2.45, 2.75) is 32.4 Å². The van der Waals surface area contributed by atoms with Crippen molar-refractivity contribution in [3.63, 3.8) is 0 Å². The third-order valence-electron chi connectivity index (χ3n) is 2.30. The summed E-state index contributed by atoms with van der Waals surface area (Å²) in [4.78, 5) is 1.56. The SMILES string of the molecule is CCC(C)[NH+]1CC(O)C1. The van der Waals surface area contributed by atoms with E-state index in [0.717, 1.165) is 19.1 Å². The molecule has 0 spiro atoms. The van der Waals surface area contributed by atoms with E-state index in [1.165, 1.54) is 6.42 Å². The van der Waals surface area contributed by atoms with Crippen molar-refractivity contribution in [2.75, 3.05) is 13.1 Å². The van der Waals surface area contributed by atoms with Gasteiger partial charge in [-0.1, -0.05) is 6.92 Å². The fourth-order valence-electron chi connectivity index (χ4n) is 1.24. The number of quaternary nitrogens is 1. The van der Waals surface area contributed by atoms with Gasteiger partial charge in [0.1, 0.15) is 13.1 Å². The van der Waals surface area contributed by atoms with Crippen LogP contribution in [0.5, 0.6) is 0 Å². The Hall–Kier alpha value is -0.0800. The predicted octanol–water partition coefficient (Wildman–Crippen LogP) is -0.956. The van der Waals surface area contributed by atoms with Crippen LogP contribution in [-0.2, 0) is 0 Å². The average Bonchev–Trinajstić information content (AvgIpc) is 1.79. The lowest BCUT2D eigenvalue weighted by Crippen LogP contribution is -3.24. The molecule has 2 nitrogen and oxygen atoms in total. The van der Waals surface area contributed by atoms with Gasteiger partial charge in [0.05, 0.1) is 6.04 Å². The number of aliphatic hydroxyl groups excluding tert-OH is 1. The molecule has 1 saturated heterocycles. The van der Waals surface area contributed by atoms with E-state index in [4.69, 9.17) is 5.11 Å². The largest absolute Gasteiger partial charge is 0.382 e. The Morgan fingerprint density at radius 2 is 2.22 bits per heavy atom. The summed E-state index contributed by atoms with van der Waals surface area (Å²) < 4.78 is 0. The van der Waals surface area contributed by atoms with Gasteiger partial charge in [0.25, 0.3) is 0 Å². The fraction of sp³-hybridized carbons (Fsp3) is 1.00. The molecule has 1 aliphatic rings. The van der Waals surface area contributed by atoms with Gasteiger partial charge in [-0.25, -0.2) is 0 Å². The molecule has 1 fully saturated rings. The molecule has 0 aromatic heterocycles. The van der Waals surface area contributed by atoms with E-state index in [-0.39, 0.29) is 6.10 Å². The van der Waals surface area contributed by atoms with Gasteiger partial charge in [-0.3, -0.25) is 0 Å². The molecule has 2 N–H and O–H groups in total. The summed E-state index contributed by atoms with van der Waals surface area (Å²) in [5.74, 6) is 0. The Morgan fingerprint density at radius 1 is 1.67 bits per heavy atom. The quantitative estimate of drug-likeness (QED) is 0.494. The Bertz CT molecular complexity index is 88.9. The zero-order valence-electron chi connectivity index (χ0n) is 6.22. The van der Waals surface area contributed by atoms with Crippen LogP contribution in [0.4, 0.5) is 0 Å². The first-order chi connectivity index (χ1) is 4.24. The molecule has 0 bridgehead atoms. The minimum atomic E-state index is -0.00556. The molecule has 0 aliphatic carbocycles. The van der Waals surface area contributed by atoms with Gasteiger partial charge in [0, 0.05) is 0 Å². The molecule has 2 heteroatoms. The van der Waals surface area contributed by atoms with Gasteiger partial charge in [-0.15, -0.1) is 0 Å². The van der Waals surface area contributed by atoms with Crippen LogP contribution in [0.15, 0.2) is 0 Å². The minimum absolute atomic E-state index is 0.00556. The van der Waals surface area contributed by atoms with Crippen LogP contribution < -0.4 is 4.90 Å². The van der Waals surface area contributed by atoms with Crippen LogP contribution in [0.1, 0.15) is 20.3 Å². The monoisotopic (exact) mass is 130 g/mol. The molecular formula is C7H16NO+. The topological polar surface area (TPSA) is 24.7 Å². The highest BCUT2D eigenvalue weighted by Crippen LogP contribution is 1.89. The summed E-state index contributed by atoms with van der Waals surface area (Å²) in [7, 11) is 0. The zero-order valence-corrected chi connectivity index (χ0v) is 6.22. The second-order valence-electron chi connectivity index (χ2n) is 3.03. The lowest BCUT2D eigenvalue weighted by molar-refractivity contribution is -0.970. The molecule has 9 heavy (non-hydrogen) atoms. The first-order valence-corrected chi connectivity index (χ1v) is 3.76. The number of hydrogen-bond acceptors (Lipinski definition) is 1. The lowest BCUT2D eigenvalue weighted by Gasteiger charge is -2.36. The molecule has 0 aromatic carbocycles. The van der Waals surface area contributed by atoms with Crippen molar-refractivity contribution in [3.05, 3.63) is 0 Å². The number of hydrogen-bond donors (Lipinski definition) is 2. The van der Waals surface area contributed by atoms with Crippen LogP contribution in [0, 0.1) is 0 Å². The van der Waals surface area contributed by atoms with Crippen molar-refractivity contribution >= 4 is 0 Å². The summed E-state index contributed by atoms with van der Waals surface area (Å²) >= 11 is 0. The third kappa shape index (κ3) is 1.43. The molecule has 0 amide bonds. The first kappa shape index (κ1) is 7.03. The van der Waals surface area contributed by atoms with Crippen molar-refractivity contribution in [2.24, 2.45) is 0 Å². The summed E-state index contributed by atoms with van der Waals surface area (Å²) in [5.41, 5.74) is 0. The van der Waals surface area contributed by atoms with Crippen LogP contribution >= 0.6 is 0 Å². The highest BCUT2D eigenvalue weighted by Gasteiger charge is 2.31. The Balaban J connectivity index is 2.15. The average molecular weight is 130 g/mol. The number of rotatable bonds is 2. The molecule has 54 valence electrons. The van der Waals surface area contributed by atoms with Crippen molar-refractivity contribution in [1.82, 2.24) is 0 Å². The van der Waals surface area contributed by atoms with Crippen molar-refractivity contribution < 1.29 is 10.0 Å². The molecule has 1 aliphatic heterocycles. The second kappa shape index (κ2) is 2.67. The highest BCUT2D eigenvalue weighted by molar-refractivity contribution is 4.61. The van der Waals surface area contributed by atoms with Gasteiger partial charge in [0.2, 0.25) is 0 Å².